The third kappa shape index (κ3) is 2.34. The molecule has 0 spiro atoms. The molecular formula is C9H13NO3. The van der Waals surface area contributed by atoms with Crippen molar-refractivity contribution in [3.63, 3.8) is 0 Å². The minimum Gasteiger partial charge on any atom is -0.504 e. The molecule has 4 N–H and O–H groups in total. The number of likely N-dealkylation sites (N-methyl/N-ethyl adjacent to an activating group) is 1. The summed E-state index contributed by atoms with van der Waals surface area (Å²) < 4.78 is 20.7. The second kappa shape index (κ2) is 4.11. The number of benzene rings is 1. The first kappa shape index (κ1) is 6.23. The lowest BCUT2D eigenvalue weighted by atomic mass is 10.1. The quantitative estimate of drug-likeness (QED) is 0.514. The number of nitrogens with one attached hydrogen (secondary N) is 1. The molecule has 4 nitrogen and oxygen atoms in total. The SMILES string of the molecule is [2H]C([2H])([2H])NCC(O)c1ccc(O)c(O)c1. The van der Waals surface area contributed by atoms with Crippen molar-refractivity contribution in [3.8, 4) is 11.5 Å². The molecule has 1 atom stereocenters. The maximum atomic E-state index is 9.59. The summed E-state index contributed by atoms with van der Waals surface area (Å²) >= 11 is 0. The monoisotopic (exact) mass is 186 g/mol. The Morgan fingerprint density at radius 1 is 1.46 bits per heavy atom. The highest BCUT2D eigenvalue weighted by molar-refractivity contribution is 5.41. The van der Waals surface area contributed by atoms with Crippen LogP contribution in [0, 0.1) is 0 Å². The summed E-state index contributed by atoms with van der Waals surface area (Å²) in [5.74, 6) is -0.648. The number of aliphatic hydroxyl groups excluding tert-OH is 1. The van der Waals surface area contributed by atoms with Crippen molar-refractivity contribution in [2.75, 3.05) is 13.5 Å². The fourth-order valence-corrected chi connectivity index (χ4v) is 0.962. The summed E-state index contributed by atoms with van der Waals surface area (Å²) in [7, 11) is 0. The Hall–Kier alpha value is -1.26. The molecule has 0 saturated carbocycles. The van der Waals surface area contributed by atoms with Crippen molar-refractivity contribution in [2.24, 2.45) is 0 Å². The molecule has 0 radical (unpaired) electrons. The van der Waals surface area contributed by atoms with Gasteiger partial charge in [-0.1, -0.05) is 6.07 Å². The highest BCUT2D eigenvalue weighted by Gasteiger charge is 2.08. The Morgan fingerprint density at radius 2 is 2.23 bits per heavy atom. The minimum atomic E-state index is -2.32. The van der Waals surface area contributed by atoms with Gasteiger partial charge in [-0.05, 0) is 24.7 Å². The van der Waals surface area contributed by atoms with E-state index < -0.39 is 13.1 Å². The molecule has 0 aromatic heterocycles. The van der Waals surface area contributed by atoms with Gasteiger partial charge in [0.2, 0.25) is 0 Å². The largest absolute Gasteiger partial charge is 0.504 e. The molecule has 0 bridgehead atoms. The lowest BCUT2D eigenvalue weighted by Crippen LogP contribution is -2.16. The highest BCUT2D eigenvalue weighted by Crippen LogP contribution is 2.27. The number of phenols is 2. The molecule has 4 heteroatoms. The van der Waals surface area contributed by atoms with E-state index in [-0.39, 0.29) is 18.0 Å². The van der Waals surface area contributed by atoms with E-state index in [9.17, 15) is 10.2 Å². The Labute approximate surface area is 80.7 Å². The van der Waals surface area contributed by atoms with E-state index in [2.05, 4.69) is 5.32 Å². The van der Waals surface area contributed by atoms with Gasteiger partial charge in [0.1, 0.15) is 0 Å². The van der Waals surface area contributed by atoms with Crippen LogP contribution in [0.25, 0.3) is 0 Å². The predicted molar refractivity (Wildman–Crippen MR) is 48.7 cm³/mol. The molecule has 0 aliphatic carbocycles. The standard InChI is InChI=1S/C9H13NO3/c1-10-5-9(13)6-2-3-7(11)8(12)4-6/h2-4,9-13H,5H2,1H3/i1D3. The predicted octanol–water partition coefficient (Wildman–Crippen LogP) is 0.351. The molecule has 13 heavy (non-hydrogen) atoms. The van der Waals surface area contributed by atoms with Gasteiger partial charge in [0.25, 0.3) is 0 Å². The first-order valence-corrected chi connectivity index (χ1v) is 3.74. The molecule has 0 aliphatic heterocycles. The number of aliphatic hydroxyl groups is 1. The Bertz CT molecular complexity index is 368. The first-order chi connectivity index (χ1) is 7.29. The van der Waals surface area contributed by atoms with Crippen LogP contribution in [0.1, 0.15) is 15.8 Å². The summed E-state index contributed by atoms with van der Waals surface area (Å²) in [6.07, 6.45) is -1.06. The third-order valence-corrected chi connectivity index (χ3v) is 1.68. The third-order valence-electron chi connectivity index (χ3n) is 1.68. The van der Waals surface area contributed by atoms with Gasteiger partial charge in [0, 0.05) is 10.7 Å². The van der Waals surface area contributed by atoms with Crippen molar-refractivity contribution in [2.45, 2.75) is 6.10 Å². The van der Waals surface area contributed by atoms with Gasteiger partial charge in [0.05, 0.1) is 6.10 Å². The Kier molecular flexibility index (Phi) is 1.97. The Morgan fingerprint density at radius 3 is 2.85 bits per heavy atom. The van der Waals surface area contributed by atoms with E-state index >= 15 is 0 Å². The fourth-order valence-electron chi connectivity index (χ4n) is 0.962. The topological polar surface area (TPSA) is 72.7 Å². The summed E-state index contributed by atoms with van der Waals surface area (Å²) in [5.41, 5.74) is 0.326. The van der Waals surface area contributed by atoms with Gasteiger partial charge < -0.3 is 20.6 Å². The molecule has 0 fully saturated rings. The molecule has 72 valence electrons. The zero-order valence-electron chi connectivity index (χ0n) is 9.86. The normalized spacial score (nSPS) is 17.2. The van der Waals surface area contributed by atoms with Crippen molar-refractivity contribution in [3.05, 3.63) is 23.8 Å². The summed E-state index contributed by atoms with van der Waals surface area (Å²) in [4.78, 5) is 0. The van der Waals surface area contributed by atoms with E-state index in [4.69, 9.17) is 9.22 Å². The van der Waals surface area contributed by atoms with Crippen LogP contribution < -0.4 is 5.32 Å². The average molecular weight is 186 g/mol. The summed E-state index contributed by atoms with van der Waals surface area (Å²) in [5, 5.41) is 30.0. The van der Waals surface area contributed by atoms with Crippen molar-refractivity contribution in [1.29, 1.82) is 0 Å². The van der Waals surface area contributed by atoms with E-state index in [1.165, 1.54) is 18.2 Å². The van der Waals surface area contributed by atoms with Crippen LogP contribution in [-0.2, 0) is 0 Å². The van der Waals surface area contributed by atoms with Crippen LogP contribution in [-0.4, -0.2) is 28.8 Å². The number of hydrogen-bond donors (Lipinski definition) is 4. The number of rotatable bonds is 3. The molecule has 0 amide bonds. The number of aromatic hydroxyl groups is 2. The molecule has 1 aromatic rings. The molecular weight excluding hydrogens is 170 g/mol. The average Bonchev–Trinajstić information content (AvgIpc) is 2.17. The Balaban J connectivity index is 2.66. The number of phenolic OH excluding ortho intramolecular Hbond substituents is 2. The van der Waals surface area contributed by atoms with Crippen molar-refractivity contribution in [1.82, 2.24) is 5.32 Å². The maximum absolute atomic E-state index is 9.59. The second-order valence-electron chi connectivity index (χ2n) is 2.64. The van der Waals surface area contributed by atoms with Crippen molar-refractivity contribution >= 4 is 0 Å². The van der Waals surface area contributed by atoms with Gasteiger partial charge in [-0.2, -0.15) is 0 Å². The van der Waals surface area contributed by atoms with E-state index in [1.54, 1.807) is 0 Å². The van der Waals surface area contributed by atoms with Crippen LogP contribution in [0.4, 0.5) is 0 Å². The van der Waals surface area contributed by atoms with Crippen LogP contribution in [0.5, 0.6) is 11.5 Å². The van der Waals surface area contributed by atoms with Crippen LogP contribution in [0.15, 0.2) is 18.2 Å². The summed E-state index contributed by atoms with van der Waals surface area (Å²) in [6.45, 7) is -2.49. The van der Waals surface area contributed by atoms with E-state index in [0.29, 0.717) is 5.56 Å². The van der Waals surface area contributed by atoms with Crippen LogP contribution >= 0.6 is 0 Å². The molecule has 1 rings (SSSR count). The van der Waals surface area contributed by atoms with E-state index in [0.717, 1.165) is 0 Å². The summed E-state index contributed by atoms with van der Waals surface area (Å²) in [6, 6.07) is 3.81. The maximum Gasteiger partial charge on any atom is 0.157 e. The molecule has 0 heterocycles. The van der Waals surface area contributed by atoms with Gasteiger partial charge in [-0.25, -0.2) is 0 Å². The van der Waals surface area contributed by atoms with Crippen LogP contribution in [0.2, 0.25) is 0 Å². The zero-order valence-corrected chi connectivity index (χ0v) is 6.86. The highest BCUT2D eigenvalue weighted by atomic mass is 16.3. The lowest BCUT2D eigenvalue weighted by molar-refractivity contribution is 0.177. The molecule has 1 aromatic carbocycles. The number of hydrogen-bond acceptors (Lipinski definition) is 4. The second-order valence-corrected chi connectivity index (χ2v) is 2.64. The minimum absolute atomic E-state index is 0.166. The van der Waals surface area contributed by atoms with Gasteiger partial charge in [-0.15, -0.1) is 0 Å². The van der Waals surface area contributed by atoms with Crippen molar-refractivity contribution < 1.29 is 19.4 Å². The molecule has 1 unspecified atom stereocenters. The molecule has 0 aliphatic rings. The van der Waals surface area contributed by atoms with Gasteiger partial charge >= 0.3 is 0 Å². The molecule has 0 saturated heterocycles. The smallest absolute Gasteiger partial charge is 0.157 e. The van der Waals surface area contributed by atoms with Gasteiger partial charge in [0.15, 0.2) is 11.5 Å². The fraction of sp³-hybridized carbons (Fsp3) is 0.333. The van der Waals surface area contributed by atoms with Crippen LogP contribution in [0.3, 0.4) is 0 Å². The van der Waals surface area contributed by atoms with E-state index in [1.807, 2.05) is 0 Å². The first-order valence-electron chi connectivity index (χ1n) is 5.24. The lowest BCUT2D eigenvalue weighted by Gasteiger charge is -2.10. The van der Waals surface area contributed by atoms with Gasteiger partial charge in [-0.3, -0.25) is 0 Å². The zero-order chi connectivity index (χ0) is 12.3.